The fourth-order valence-electron chi connectivity index (χ4n) is 2.49. The Bertz CT molecular complexity index is 900. The van der Waals surface area contributed by atoms with Crippen molar-refractivity contribution in [3.63, 3.8) is 0 Å². The summed E-state index contributed by atoms with van der Waals surface area (Å²) in [5.74, 6) is -12.8. The molecule has 0 fully saturated rings. The van der Waals surface area contributed by atoms with E-state index in [1.165, 1.54) is 24.3 Å². The van der Waals surface area contributed by atoms with Crippen molar-refractivity contribution in [1.82, 2.24) is 0 Å². The van der Waals surface area contributed by atoms with Gasteiger partial charge in [-0.2, -0.15) is 0 Å². The Kier molecular flexibility index (Phi) is 7.30. The number of halogens is 5. The lowest BCUT2D eigenvalue weighted by Crippen LogP contribution is -2.18. The van der Waals surface area contributed by atoms with E-state index in [0.717, 1.165) is 13.3 Å². The summed E-state index contributed by atoms with van der Waals surface area (Å²) in [6.45, 7) is 2.96. The molecule has 29 heavy (non-hydrogen) atoms. The highest BCUT2D eigenvalue weighted by atomic mass is 19.2. The minimum absolute atomic E-state index is 0.125. The zero-order chi connectivity index (χ0) is 21.7. The number of benzene rings is 2. The van der Waals surface area contributed by atoms with Gasteiger partial charge in [0, 0.05) is 0 Å². The Labute approximate surface area is 163 Å². The summed E-state index contributed by atoms with van der Waals surface area (Å²) in [4.78, 5) is 24.6. The predicted octanol–water partition coefficient (Wildman–Crippen LogP) is 5.26. The summed E-state index contributed by atoms with van der Waals surface area (Å²) in [7, 11) is 0. The van der Waals surface area contributed by atoms with Crippen molar-refractivity contribution in [2.24, 2.45) is 0 Å². The fourth-order valence-corrected chi connectivity index (χ4v) is 2.49. The highest BCUT2D eigenvalue weighted by molar-refractivity contribution is 6.03. The predicted molar refractivity (Wildman–Crippen MR) is 91.7 cm³/mol. The number of ether oxygens (including phenoxy) is 2. The summed E-state index contributed by atoms with van der Waals surface area (Å²) in [6.07, 6.45) is -0.442. The number of esters is 2. The normalized spacial score (nSPS) is 11.8. The lowest BCUT2D eigenvalue weighted by molar-refractivity contribution is 0.0307. The van der Waals surface area contributed by atoms with Crippen molar-refractivity contribution in [2.75, 3.05) is 6.61 Å². The van der Waals surface area contributed by atoms with Gasteiger partial charge in [0.25, 0.3) is 0 Å². The molecule has 0 aliphatic rings. The second-order valence-corrected chi connectivity index (χ2v) is 6.07. The van der Waals surface area contributed by atoms with Gasteiger partial charge in [-0.05, 0) is 25.5 Å². The number of carbonyl (C=O) groups excluding carboxylic acids is 2. The Morgan fingerprint density at radius 2 is 1.34 bits per heavy atom. The van der Waals surface area contributed by atoms with Gasteiger partial charge in [-0.1, -0.05) is 25.5 Å². The van der Waals surface area contributed by atoms with Gasteiger partial charge in [0.05, 0.1) is 23.3 Å². The zero-order valence-electron chi connectivity index (χ0n) is 15.5. The van der Waals surface area contributed by atoms with Crippen LogP contribution in [-0.2, 0) is 9.47 Å². The molecule has 156 valence electrons. The summed E-state index contributed by atoms with van der Waals surface area (Å²) < 4.78 is 77.6. The van der Waals surface area contributed by atoms with Crippen LogP contribution in [-0.4, -0.2) is 18.5 Å². The molecule has 0 radical (unpaired) electrons. The van der Waals surface area contributed by atoms with E-state index in [0.29, 0.717) is 6.42 Å². The van der Waals surface area contributed by atoms with Crippen molar-refractivity contribution in [3.8, 4) is 0 Å². The molecule has 2 rings (SSSR count). The summed E-state index contributed by atoms with van der Waals surface area (Å²) >= 11 is 0. The lowest BCUT2D eigenvalue weighted by Gasteiger charge is -2.17. The maximum Gasteiger partial charge on any atom is 0.339 e. The molecule has 0 amide bonds. The monoisotopic (exact) mass is 416 g/mol. The van der Waals surface area contributed by atoms with Crippen molar-refractivity contribution in [2.45, 2.75) is 32.8 Å². The van der Waals surface area contributed by atoms with Gasteiger partial charge in [-0.3, -0.25) is 0 Å². The summed E-state index contributed by atoms with van der Waals surface area (Å²) in [6, 6.07) is 5.36. The van der Waals surface area contributed by atoms with Crippen LogP contribution in [0.25, 0.3) is 0 Å². The van der Waals surface area contributed by atoms with Gasteiger partial charge in [0.2, 0.25) is 5.82 Å². The smallest absolute Gasteiger partial charge is 0.339 e. The Hall–Kier alpha value is -2.97. The van der Waals surface area contributed by atoms with Crippen LogP contribution in [0.1, 0.15) is 59.1 Å². The number of carbonyl (C=O) groups is 2. The molecule has 0 saturated carbocycles. The van der Waals surface area contributed by atoms with Crippen molar-refractivity contribution in [3.05, 3.63) is 70.0 Å². The minimum atomic E-state index is -2.32. The molecule has 1 atom stereocenters. The van der Waals surface area contributed by atoms with Crippen LogP contribution in [0.2, 0.25) is 0 Å². The quantitative estimate of drug-likeness (QED) is 0.203. The third-order valence-electron chi connectivity index (χ3n) is 4.03. The van der Waals surface area contributed by atoms with E-state index >= 15 is 0 Å². The van der Waals surface area contributed by atoms with Crippen LogP contribution in [0, 0.1) is 29.1 Å². The number of unbranched alkanes of at least 4 members (excludes halogenated alkanes) is 1. The van der Waals surface area contributed by atoms with Crippen LogP contribution in [0.4, 0.5) is 22.0 Å². The molecular weight excluding hydrogens is 399 g/mol. The van der Waals surface area contributed by atoms with Gasteiger partial charge in [0.1, 0.15) is 6.10 Å². The van der Waals surface area contributed by atoms with Gasteiger partial charge in [0.15, 0.2) is 23.3 Å². The average Bonchev–Trinajstić information content (AvgIpc) is 2.71. The molecule has 0 bridgehead atoms. The van der Waals surface area contributed by atoms with E-state index in [4.69, 9.17) is 9.47 Å². The third kappa shape index (κ3) is 4.72. The van der Waals surface area contributed by atoms with E-state index in [2.05, 4.69) is 0 Å². The topological polar surface area (TPSA) is 52.6 Å². The van der Waals surface area contributed by atoms with Crippen molar-refractivity contribution in [1.29, 1.82) is 0 Å². The van der Waals surface area contributed by atoms with Gasteiger partial charge >= 0.3 is 11.9 Å². The molecule has 1 unspecified atom stereocenters. The Morgan fingerprint density at radius 1 is 0.862 bits per heavy atom. The van der Waals surface area contributed by atoms with Gasteiger partial charge in [-0.25, -0.2) is 31.5 Å². The first-order chi connectivity index (χ1) is 13.7. The molecule has 0 aromatic heterocycles. The Balaban J connectivity index is 2.29. The number of rotatable bonds is 7. The molecule has 0 N–H and O–H groups in total. The maximum atomic E-state index is 13.9. The van der Waals surface area contributed by atoms with Crippen LogP contribution in [0.15, 0.2) is 24.3 Å². The average molecular weight is 416 g/mol. The van der Waals surface area contributed by atoms with E-state index in [-0.39, 0.29) is 17.7 Å². The van der Waals surface area contributed by atoms with Crippen molar-refractivity contribution >= 4 is 11.9 Å². The molecule has 2 aromatic carbocycles. The van der Waals surface area contributed by atoms with Gasteiger partial charge in [-0.15, -0.1) is 0 Å². The summed E-state index contributed by atoms with van der Waals surface area (Å²) in [5, 5.41) is 0. The fraction of sp³-hybridized carbons (Fsp3) is 0.300. The molecule has 0 heterocycles. The van der Waals surface area contributed by atoms with E-state index in [1.54, 1.807) is 0 Å². The van der Waals surface area contributed by atoms with E-state index < -0.39 is 52.7 Å². The lowest BCUT2D eigenvalue weighted by atomic mass is 10.1. The number of hydrogen-bond acceptors (Lipinski definition) is 4. The molecule has 0 aliphatic heterocycles. The van der Waals surface area contributed by atoms with Crippen LogP contribution >= 0.6 is 0 Å². The Morgan fingerprint density at radius 3 is 1.86 bits per heavy atom. The highest BCUT2D eigenvalue weighted by Gasteiger charge is 2.31. The van der Waals surface area contributed by atoms with E-state index in [1.807, 2.05) is 6.92 Å². The molecule has 4 nitrogen and oxygen atoms in total. The third-order valence-corrected chi connectivity index (χ3v) is 4.03. The first-order valence-corrected chi connectivity index (χ1v) is 8.69. The zero-order valence-corrected chi connectivity index (χ0v) is 15.5. The van der Waals surface area contributed by atoms with Crippen molar-refractivity contribution < 1.29 is 41.0 Å². The second-order valence-electron chi connectivity index (χ2n) is 6.07. The van der Waals surface area contributed by atoms with Crippen LogP contribution in [0.3, 0.4) is 0 Å². The molecule has 0 saturated heterocycles. The number of hydrogen-bond donors (Lipinski definition) is 0. The molecule has 0 aliphatic carbocycles. The van der Waals surface area contributed by atoms with Gasteiger partial charge < -0.3 is 9.47 Å². The molecule has 2 aromatic rings. The maximum absolute atomic E-state index is 13.9. The molecule has 0 spiro atoms. The second kappa shape index (κ2) is 9.49. The molecular formula is C20H17F5O4. The highest BCUT2D eigenvalue weighted by Crippen LogP contribution is 2.30. The summed E-state index contributed by atoms with van der Waals surface area (Å²) in [5.41, 5.74) is -1.72. The minimum Gasteiger partial charge on any atom is -0.462 e. The first-order valence-electron chi connectivity index (χ1n) is 8.69. The van der Waals surface area contributed by atoms with E-state index in [9.17, 15) is 31.5 Å². The standard InChI is InChI=1S/C20H17F5O4/c1-3-4-9-28-19(26)11-7-5-6-8-12(11)20(27)29-10(2)13-14(21)16(23)18(25)17(24)15(13)22/h5-8,10H,3-4,9H2,1-2H3. The first kappa shape index (κ1) is 22.3. The largest absolute Gasteiger partial charge is 0.462 e. The van der Waals surface area contributed by atoms with Crippen LogP contribution in [0.5, 0.6) is 0 Å². The SMILES string of the molecule is CCCCOC(=O)c1ccccc1C(=O)OC(C)c1c(F)c(F)c(F)c(F)c1F. The molecule has 9 heteroatoms. The van der Waals surface area contributed by atoms with Crippen LogP contribution < -0.4 is 0 Å².